The summed E-state index contributed by atoms with van der Waals surface area (Å²) in [7, 11) is 0. The van der Waals surface area contributed by atoms with Gasteiger partial charge >= 0.3 is 0 Å². The van der Waals surface area contributed by atoms with Crippen LogP contribution in [0.1, 0.15) is 19.3 Å². The van der Waals surface area contributed by atoms with Crippen LogP contribution in [0.25, 0.3) is 0 Å². The number of hydrogen-bond acceptors (Lipinski definition) is 3. The molecule has 0 aromatic carbocycles. The Balaban J connectivity index is 2.30. The average Bonchev–Trinajstić information content (AvgIpc) is 2.36. The molecule has 2 rings (SSSR count). The van der Waals surface area contributed by atoms with Gasteiger partial charge in [-0.2, -0.15) is 0 Å². The summed E-state index contributed by atoms with van der Waals surface area (Å²) in [6, 6.07) is 0. The summed E-state index contributed by atoms with van der Waals surface area (Å²) in [5.41, 5.74) is 5.24. The molecule has 1 aliphatic carbocycles. The fourth-order valence-corrected chi connectivity index (χ4v) is 1.86. The summed E-state index contributed by atoms with van der Waals surface area (Å²) in [5, 5.41) is 0. The first-order chi connectivity index (χ1) is 4.73. The first-order valence-corrected chi connectivity index (χ1v) is 3.67. The predicted molar refractivity (Wildman–Crippen MR) is 35.5 cm³/mol. The van der Waals surface area contributed by atoms with Crippen molar-refractivity contribution in [1.82, 2.24) is 0 Å². The molecule has 0 spiro atoms. The Hall–Kier alpha value is -0.410. The largest absolute Gasteiger partial charge is 0.368 e. The summed E-state index contributed by atoms with van der Waals surface area (Å²) in [6.07, 6.45) is 2.84. The number of carbonyl (C=O) groups is 1. The van der Waals surface area contributed by atoms with Gasteiger partial charge in [-0.05, 0) is 19.3 Å². The van der Waals surface area contributed by atoms with E-state index in [1.165, 1.54) is 0 Å². The lowest BCUT2D eigenvalue weighted by Crippen LogP contribution is -2.49. The lowest BCUT2D eigenvalue weighted by atomic mass is 9.94. The molecule has 56 valence electrons. The Labute approximate surface area is 59.5 Å². The minimum absolute atomic E-state index is 0.0278. The molecular weight excluding hydrogens is 130 g/mol. The third-order valence-corrected chi connectivity index (χ3v) is 2.57. The molecule has 2 aliphatic rings. The second-order valence-corrected chi connectivity index (χ2v) is 3.16. The quantitative estimate of drug-likeness (QED) is 0.509. The minimum Gasteiger partial charge on any atom is -0.368 e. The molecule has 2 N–H and O–H groups in total. The number of ether oxygens (including phenoxy) is 1. The number of Topliss-reactive ketones (excluding diaryl/α,β-unsaturated/α-hetero) is 1. The molecule has 0 aromatic rings. The Kier molecular flexibility index (Phi) is 1.13. The molecule has 1 saturated heterocycles. The van der Waals surface area contributed by atoms with Gasteiger partial charge in [0.1, 0.15) is 12.1 Å². The Morgan fingerprint density at radius 2 is 2.50 bits per heavy atom. The van der Waals surface area contributed by atoms with Crippen molar-refractivity contribution in [2.24, 2.45) is 5.73 Å². The van der Waals surface area contributed by atoms with E-state index in [1.54, 1.807) is 0 Å². The molecule has 1 aliphatic heterocycles. The SMILES string of the molecule is N[C@]12CCC[C@H]1OCC2=O. The lowest BCUT2D eigenvalue weighted by molar-refractivity contribution is -0.121. The molecular formula is C7H11NO2. The highest BCUT2D eigenvalue weighted by Gasteiger charge is 2.50. The van der Waals surface area contributed by atoms with Gasteiger partial charge in [0.15, 0.2) is 5.78 Å². The number of carbonyl (C=O) groups excluding carboxylic acids is 1. The van der Waals surface area contributed by atoms with E-state index in [1.807, 2.05) is 0 Å². The smallest absolute Gasteiger partial charge is 0.180 e. The monoisotopic (exact) mass is 141 g/mol. The Bertz CT molecular complexity index is 180. The van der Waals surface area contributed by atoms with E-state index in [-0.39, 0.29) is 18.5 Å². The highest BCUT2D eigenvalue weighted by Crippen LogP contribution is 2.35. The number of rotatable bonds is 0. The molecule has 3 heteroatoms. The van der Waals surface area contributed by atoms with Crippen LogP contribution in [-0.2, 0) is 9.53 Å². The fraction of sp³-hybridized carbons (Fsp3) is 0.857. The zero-order valence-corrected chi connectivity index (χ0v) is 5.80. The van der Waals surface area contributed by atoms with E-state index < -0.39 is 5.54 Å². The molecule has 0 bridgehead atoms. The number of hydrogen-bond donors (Lipinski definition) is 1. The van der Waals surface area contributed by atoms with Crippen molar-refractivity contribution in [3.63, 3.8) is 0 Å². The fourth-order valence-electron chi connectivity index (χ4n) is 1.86. The van der Waals surface area contributed by atoms with Gasteiger partial charge in [0.05, 0.1) is 6.10 Å². The van der Waals surface area contributed by atoms with E-state index >= 15 is 0 Å². The van der Waals surface area contributed by atoms with Crippen molar-refractivity contribution in [1.29, 1.82) is 0 Å². The Morgan fingerprint density at radius 3 is 3.20 bits per heavy atom. The normalized spacial score (nSPS) is 46.1. The van der Waals surface area contributed by atoms with Crippen molar-refractivity contribution in [2.75, 3.05) is 6.61 Å². The summed E-state index contributed by atoms with van der Waals surface area (Å²) in [5.74, 6) is 0.0926. The second kappa shape index (κ2) is 1.80. The minimum atomic E-state index is -0.597. The van der Waals surface area contributed by atoms with Crippen LogP contribution in [0.15, 0.2) is 0 Å². The number of ketones is 1. The second-order valence-electron chi connectivity index (χ2n) is 3.16. The lowest BCUT2D eigenvalue weighted by Gasteiger charge is -2.18. The van der Waals surface area contributed by atoms with Crippen molar-refractivity contribution in [3.8, 4) is 0 Å². The highest BCUT2D eigenvalue weighted by molar-refractivity contribution is 5.92. The molecule has 10 heavy (non-hydrogen) atoms. The summed E-state index contributed by atoms with van der Waals surface area (Å²) in [4.78, 5) is 11.1. The molecule has 0 amide bonds. The summed E-state index contributed by atoms with van der Waals surface area (Å²) in [6.45, 7) is 0.237. The molecule has 1 saturated carbocycles. The van der Waals surface area contributed by atoms with Gasteiger partial charge in [-0.1, -0.05) is 0 Å². The molecule has 3 nitrogen and oxygen atoms in total. The molecule has 0 unspecified atom stereocenters. The van der Waals surface area contributed by atoms with Gasteiger partial charge in [0, 0.05) is 0 Å². The molecule has 0 aromatic heterocycles. The van der Waals surface area contributed by atoms with Gasteiger partial charge in [-0.25, -0.2) is 0 Å². The number of fused-ring (bicyclic) bond motifs is 1. The van der Waals surface area contributed by atoms with Crippen molar-refractivity contribution >= 4 is 5.78 Å². The zero-order chi connectivity index (χ0) is 7.19. The topological polar surface area (TPSA) is 52.3 Å². The summed E-state index contributed by atoms with van der Waals surface area (Å²) < 4.78 is 5.22. The van der Waals surface area contributed by atoms with Crippen LogP contribution in [0.3, 0.4) is 0 Å². The third-order valence-electron chi connectivity index (χ3n) is 2.57. The van der Waals surface area contributed by atoms with Crippen LogP contribution < -0.4 is 5.73 Å². The van der Waals surface area contributed by atoms with E-state index in [0.29, 0.717) is 0 Å². The van der Waals surface area contributed by atoms with Gasteiger partial charge in [-0.3, -0.25) is 4.79 Å². The third kappa shape index (κ3) is 0.592. The number of nitrogens with two attached hydrogens (primary N) is 1. The van der Waals surface area contributed by atoms with Crippen LogP contribution in [0.2, 0.25) is 0 Å². The van der Waals surface area contributed by atoms with Crippen LogP contribution in [-0.4, -0.2) is 24.0 Å². The Morgan fingerprint density at radius 1 is 1.70 bits per heavy atom. The van der Waals surface area contributed by atoms with Gasteiger partial charge in [0.25, 0.3) is 0 Å². The first-order valence-electron chi connectivity index (χ1n) is 3.67. The summed E-state index contributed by atoms with van der Waals surface area (Å²) >= 11 is 0. The van der Waals surface area contributed by atoms with Crippen LogP contribution >= 0.6 is 0 Å². The van der Waals surface area contributed by atoms with Crippen LogP contribution in [0, 0.1) is 0 Å². The first kappa shape index (κ1) is 6.31. The maximum absolute atomic E-state index is 11.1. The van der Waals surface area contributed by atoms with Crippen molar-refractivity contribution < 1.29 is 9.53 Å². The maximum atomic E-state index is 11.1. The van der Waals surface area contributed by atoms with Gasteiger partial charge in [0.2, 0.25) is 0 Å². The van der Waals surface area contributed by atoms with E-state index in [4.69, 9.17) is 10.5 Å². The van der Waals surface area contributed by atoms with Gasteiger partial charge < -0.3 is 10.5 Å². The standard InChI is InChI=1S/C7H11NO2/c8-7-3-1-2-6(7)10-4-5(7)9/h6H,1-4,8H2/t6-,7+/m1/s1. The van der Waals surface area contributed by atoms with E-state index in [2.05, 4.69) is 0 Å². The highest BCUT2D eigenvalue weighted by atomic mass is 16.5. The van der Waals surface area contributed by atoms with Crippen molar-refractivity contribution in [3.05, 3.63) is 0 Å². The van der Waals surface area contributed by atoms with Crippen LogP contribution in [0.4, 0.5) is 0 Å². The molecule has 2 fully saturated rings. The van der Waals surface area contributed by atoms with Gasteiger partial charge in [-0.15, -0.1) is 0 Å². The zero-order valence-electron chi connectivity index (χ0n) is 5.80. The van der Waals surface area contributed by atoms with E-state index in [0.717, 1.165) is 19.3 Å². The van der Waals surface area contributed by atoms with E-state index in [9.17, 15) is 4.79 Å². The van der Waals surface area contributed by atoms with Crippen LogP contribution in [0.5, 0.6) is 0 Å². The molecule has 2 atom stereocenters. The van der Waals surface area contributed by atoms with Crippen molar-refractivity contribution in [2.45, 2.75) is 30.9 Å². The molecule has 1 heterocycles. The molecule has 0 radical (unpaired) electrons. The average molecular weight is 141 g/mol. The maximum Gasteiger partial charge on any atom is 0.180 e. The predicted octanol–water partition coefficient (Wildman–Crippen LogP) is -0.164.